The van der Waals surface area contributed by atoms with Crippen LogP contribution in [0.15, 0.2) is 72.8 Å². The van der Waals surface area contributed by atoms with Crippen LogP contribution < -0.4 is 0 Å². The van der Waals surface area contributed by atoms with Gasteiger partial charge in [-0.3, -0.25) is 4.21 Å². The summed E-state index contributed by atoms with van der Waals surface area (Å²) < 4.78 is 12.2. The van der Waals surface area contributed by atoms with Gasteiger partial charge >= 0.3 is 0 Å². The molecular formula is C18H16OS. The van der Waals surface area contributed by atoms with Gasteiger partial charge in [0.2, 0.25) is 0 Å². The molecular weight excluding hydrogens is 264 g/mol. The minimum Gasteiger partial charge on any atom is -0.259 e. The predicted octanol–water partition coefficient (Wildman–Crippen LogP) is 4.29. The maximum absolute atomic E-state index is 12.2. The molecule has 1 unspecified atom stereocenters. The Bertz CT molecular complexity index is 735. The van der Waals surface area contributed by atoms with Crippen LogP contribution in [0.25, 0.3) is 10.8 Å². The van der Waals surface area contributed by atoms with Crippen molar-refractivity contribution in [2.75, 3.05) is 0 Å². The first kappa shape index (κ1) is 13.1. The van der Waals surface area contributed by atoms with Crippen molar-refractivity contribution in [3.05, 3.63) is 83.9 Å². The topological polar surface area (TPSA) is 17.1 Å². The fourth-order valence-electron chi connectivity index (χ4n) is 2.33. The Balaban J connectivity index is 1.74. The third-order valence-corrected chi connectivity index (χ3v) is 4.62. The normalized spacial score (nSPS) is 12.4. The Labute approximate surface area is 121 Å². The summed E-state index contributed by atoms with van der Waals surface area (Å²) in [6.07, 6.45) is 0. The molecule has 0 heterocycles. The summed E-state index contributed by atoms with van der Waals surface area (Å²) in [7, 11) is -0.865. The second kappa shape index (κ2) is 6.02. The molecule has 20 heavy (non-hydrogen) atoms. The molecule has 0 radical (unpaired) electrons. The van der Waals surface area contributed by atoms with Gasteiger partial charge in [-0.2, -0.15) is 0 Å². The Hall–Kier alpha value is -1.93. The average molecular weight is 280 g/mol. The molecule has 2 heteroatoms. The van der Waals surface area contributed by atoms with Crippen molar-refractivity contribution in [3.63, 3.8) is 0 Å². The van der Waals surface area contributed by atoms with Crippen LogP contribution in [0.3, 0.4) is 0 Å². The van der Waals surface area contributed by atoms with Crippen LogP contribution >= 0.6 is 0 Å². The van der Waals surface area contributed by atoms with Gasteiger partial charge < -0.3 is 0 Å². The predicted molar refractivity (Wildman–Crippen MR) is 85.9 cm³/mol. The van der Waals surface area contributed by atoms with E-state index in [0.717, 1.165) is 11.1 Å². The summed E-state index contributed by atoms with van der Waals surface area (Å²) in [5, 5.41) is 2.44. The first-order valence-corrected chi connectivity index (χ1v) is 8.17. The lowest BCUT2D eigenvalue weighted by molar-refractivity contribution is 0.682. The molecule has 1 atom stereocenters. The number of benzene rings is 3. The van der Waals surface area contributed by atoms with Crippen molar-refractivity contribution in [1.29, 1.82) is 0 Å². The van der Waals surface area contributed by atoms with Crippen molar-refractivity contribution >= 4 is 21.6 Å². The van der Waals surface area contributed by atoms with Crippen LogP contribution in [0.5, 0.6) is 0 Å². The number of hydrogen-bond donors (Lipinski definition) is 0. The Kier molecular flexibility index (Phi) is 3.93. The molecule has 0 aliphatic rings. The van der Waals surface area contributed by atoms with E-state index in [-0.39, 0.29) is 0 Å². The van der Waals surface area contributed by atoms with Crippen LogP contribution in [0.2, 0.25) is 0 Å². The van der Waals surface area contributed by atoms with Crippen molar-refractivity contribution < 1.29 is 4.21 Å². The molecule has 0 spiro atoms. The number of hydrogen-bond acceptors (Lipinski definition) is 1. The van der Waals surface area contributed by atoms with Crippen LogP contribution in [0, 0.1) is 0 Å². The lowest BCUT2D eigenvalue weighted by atomic mass is 10.1. The lowest BCUT2D eigenvalue weighted by Crippen LogP contribution is -1.99. The van der Waals surface area contributed by atoms with Gasteiger partial charge in [0.15, 0.2) is 0 Å². The molecule has 0 saturated heterocycles. The van der Waals surface area contributed by atoms with Gasteiger partial charge in [-0.05, 0) is 21.9 Å². The first-order valence-electron chi connectivity index (χ1n) is 6.68. The lowest BCUT2D eigenvalue weighted by Gasteiger charge is -2.05. The maximum atomic E-state index is 12.2. The third-order valence-electron chi connectivity index (χ3n) is 3.31. The molecule has 3 rings (SSSR count). The van der Waals surface area contributed by atoms with E-state index in [1.54, 1.807) is 0 Å². The second-order valence-electron chi connectivity index (χ2n) is 4.90. The van der Waals surface area contributed by atoms with E-state index in [1.807, 2.05) is 42.5 Å². The second-order valence-corrected chi connectivity index (χ2v) is 6.35. The molecule has 0 N–H and O–H groups in total. The third kappa shape index (κ3) is 3.14. The zero-order chi connectivity index (χ0) is 13.8. The first-order chi connectivity index (χ1) is 9.81. The van der Waals surface area contributed by atoms with Crippen molar-refractivity contribution in [2.24, 2.45) is 0 Å². The monoisotopic (exact) mass is 280 g/mol. The molecule has 3 aromatic rings. The zero-order valence-corrected chi connectivity index (χ0v) is 12.0. The summed E-state index contributed by atoms with van der Waals surface area (Å²) in [6, 6.07) is 24.6. The number of fused-ring (bicyclic) bond motifs is 1. The van der Waals surface area contributed by atoms with E-state index in [4.69, 9.17) is 0 Å². The molecule has 0 fully saturated rings. The molecule has 100 valence electrons. The highest BCUT2D eigenvalue weighted by Gasteiger charge is 2.04. The van der Waals surface area contributed by atoms with Crippen molar-refractivity contribution in [2.45, 2.75) is 11.5 Å². The van der Waals surface area contributed by atoms with Crippen molar-refractivity contribution in [1.82, 2.24) is 0 Å². The van der Waals surface area contributed by atoms with E-state index in [0.29, 0.717) is 11.5 Å². The SMILES string of the molecule is O=S(Cc1ccccc1)Cc1ccc2ccccc2c1. The smallest absolute Gasteiger partial charge is 0.0489 e. The molecule has 0 bridgehead atoms. The van der Waals surface area contributed by atoms with Gasteiger partial charge in [0.25, 0.3) is 0 Å². The summed E-state index contributed by atoms with van der Waals surface area (Å²) in [6.45, 7) is 0. The van der Waals surface area contributed by atoms with Crippen molar-refractivity contribution in [3.8, 4) is 0 Å². The van der Waals surface area contributed by atoms with Crippen LogP contribution in [0.1, 0.15) is 11.1 Å². The Morgan fingerprint density at radius 2 is 1.30 bits per heavy atom. The molecule has 0 aliphatic heterocycles. The van der Waals surface area contributed by atoms with E-state index in [1.165, 1.54) is 10.8 Å². The van der Waals surface area contributed by atoms with Gasteiger partial charge in [-0.1, -0.05) is 72.8 Å². The van der Waals surface area contributed by atoms with Crippen LogP contribution in [-0.2, 0) is 22.3 Å². The zero-order valence-electron chi connectivity index (χ0n) is 11.2. The van der Waals surface area contributed by atoms with E-state index in [9.17, 15) is 4.21 Å². The van der Waals surface area contributed by atoms with Gasteiger partial charge in [0, 0.05) is 22.3 Å². The molecule has 0 aliphatic carbocycles. The Morgan fingerprint density at radius 1 is 0.650 bits per heavy atom. The van der Waals surface area contributed by atoms with Gasteiger partial charge in [0.05, 0.1) is 0 Å². The minimum absolute atomic E-state index is 0.611. The fourth-order valence-corrected chi connectivity index (χ4v) is 3.54. The summed E-state index contributed by atoms with van der Waals surface area (Å²) in [4.78, 5) is 0. The standard InChI is InChI=1S/C18H16OS/c19-20(13-15-6-2-1-3-7-15)14-16-10-11-17-8-4-5-9-18(17)12-16/h1-12H,13-14H2. The minimum atomic E-state index is -0.865. The quantitative estimate of drug-likeness (QED) is 0.697. The average Bonchev–Trinajstić information content (AvgIpc) is 2.48. The molecule has 1 nitrogen and oxygen atoms in total. The molecule has 0 amide bonds. The highest BCUT2D eigenvalue weighted by Crippen LogP contribution is 2.17. The highest BCUT2D eigenvalue weighted by atomic mass is 32.2. The summed E-state index contributed by atoms with van der Waals surface area (Å²) >= 11 is 0. The van der Waals surface area contributed by atoms with Gasteiger partial charge in [-0.15, -0.1) is 0 Å². The van der Waals surface area contributed by atoms with E-state index in [2.05, 4.69) is 30.3 Å². The summed E-state index contributed by atoms with van der Waals surface area (Å²) in [5.41, 5.74) is 2.27. The van der Waals surface area contributed by atoms with Gasteiger partial charge in [-0.25, -0.2) is 0 Å². The fraction of sp³-hybridized carbons (Fsp3) is 0.111. The largest absolute Gasteiger partial charge is 0.259 e. The van der Waals surface area contributed by atoms with Crippen LogP contribution in [-0.4, -0.2) is 4.21 Å². The van der Waals surface area contributed by atoms with Crippen LogP contribution in [0.4, 0.5) is 0 Å². The Morgan fingerprint density at radius 3 is 2.10 bits per heavy atom. The molecule has 3 aromatic carbocycles. The molecule has 0 saturated carbocycles. The molecule has 0 aromatic heterocycles. The van der Waals surface area contributed by atoms with E-state index < -0.39 is 10.8 Å². The highest BCUT2D eigenvalue weighted by molar-refractivity contribution is 7.83. The van der Waals surface area contributed by atoms with E-state index >= 15 is 0 Å². The number of rotatable bonds is 4. The maximum Gasteiger partial charge on any atom is 0.0489 e. The summed E-state index contributed by atoms with van der Waals surface area (Å²) in [5.74, 6) is 1.23. The van der Waals surface area contributed by atoms with Gasteiger partial charge in [0.1, 0.15) is 0 Å².